The van der Waals surface area contributed by atoms with Crippen LogP contribution in [0.25, 0.3) is 0 Å². The minimum Gasteiger partial charge on any atom is -0.465 e. The van der Waals surface area contributed by atoms with Gasteiger partial charge in [-0.25, -0.2) is 4.79 Å². The molecule has 0 unspecified atom stereocenters. The molecule has 3 nitrogen and oxygen atoms in total. The van der Waals surface area contributed by atoms with Crippen molar-refractivity contribution in [3.05, 3.63) is 9.81 Å². The summed E-state index contributed by atoms with van der Waals surface area (Å²) >= 11 is 7.37. The fourth-order valence-corrected chi connectivity index (χ4v) is 0.572. The quantitative estimate of drug-likeness (QED) is 0.268. The Kier molecular flexibility index (Phi) is 4.00. The van der Waals surface area contributed by atoms with Crippen LogP contribution in [0, 0.1) is 11.3 Å². The number of ether oxygens (including phenoxy) is 1. The topological polar surface area (TPSA) is 50.1 Å². The lowest BCUT2D eigenvalue weighted by Gasteiger charge is -1.94. The van der Waals surface area contributed by atoms with E-state index in [2.05, 4.69) is 30.0 Å². The van der Waals surface area contributed by atoms with Crippen molar-refractivity contribution in [1.29, 1.82) is 5.26 Å². The van der Waals surface area contributed by atoms with Gasteiger partial charge in [-0.3, -0.25) is 0 Å². The number of nitrogens with zero attached hydrogens (tertiary/aromatic N) is 1. The number of esters is 1. The fourth-order valence-electron chi connectivity index (χ4n) is 0.289. The third-order valence-corrected chi connectivity index (χ3v) is 1.17. The highest BCUT2D eigenvalue weighted by Crippen LogP contribution is 2.12. The highest BCUT2D eigenvalue weighted by molar-refractivity contribution is 8.05. The SMILES string of the molecule is COC(=O)C(C#N)=C(S)S. The molecule has 0 aromatic carbocycles. The van der Waals surface area contributed by atoms with Crippen molar-refractivity contribution in [2.75, 3.05) is 7.11 Å². The molecule has 0 aromatic rings. The van der Waals surface area contributed by atoms with Crippen LogP contribution in [0.1, 0.15) is 0 Å². The Morgan fingerprint density at radius 2 is 2.10 bits per heavy atom. The van der Waals surface area contributed by atoms with E-state index < -0.39 is 5.97 Å². The maximum atomic E-state index is 10.6. The number of thiol groups is 2. The molecule has 10 heavy (non-hydrogen) atoms. The Labute approximate surface area is 69.5 Å². The first-order valence-electron chi connectivity index (χ1n) is 2.24. The highest BCUT2D eigenvalue weighted by Gasteiger charge is 2.10. The van der Waals surface area contributed by atoms with E-state index in [1.807, 2.05) is 0 Å². The summed E-state index contributed by atoms with van der Waals surface area (Å²) in [5.41, 5.74) is -0.186. The van der Waals surface area contributed by atoms with Crippen molar-refractivity contribution in [2.45, 2.75) is 0 Å². The third kappa shape index (κ3) is 2.33. The summed E-state index contributed by atoms with van der Waals surface area (Å²) in [5.74, 6) is -0.720. The summed E-state index contributed by atoms with van der Waals surface area (Å²) in [6.45, 7) is 0. The number of carbonyl (C=O) groups excluding carboxylic acids is 1. The molecule has 0 saturated heterocycles. The molecule has 0 fully saturated rings. The summed E-state index contributed by atoms with van der Waals surface area (Å²) in [4.78, 5) is 10.6. The van der Waals surface area contributed by atoms with E-state index in [0.717, 1.165) is 0 Å². The van der Waals surface area contributed by atoms with Crippen LogP contribution >= 0.6 is 25.3 Å². The summed E-state index contributed by atoms with van der Waals surface area (Å²) < 4.78 is 4.31. The fraction of sp³-hybridized carbons (Fsp3) is 0.200. The summed E-state index contributed by atoms with van der Waals surface area (Å²) in [5, 5.41) is 8.29. The zero-order valence-corrected chi connectivity index (χ0v) is 6.95. The zero-order valence-electron chi connectivity index (χ0n) is 5.16. The maximum absolute atomic E-state index is 10.6. The third-order valence-electron chi connectivity index (χ3n) is 0.725. The Morgan fingerprint density at radius 1 is 1.60 bits per heavy atom. The largest absolute Gasteiger partial charge is 0.465 e. The minimum atomic E-state index is -0.720. The van der Waals surface area contributed by atoms with Crippen LogP contribution in [0.15, 0.2) is 9.81 Å². The summed E-state index contributed by atoms with van der Waals surface area (Å²) in [6.07, 6.45) is 0. The number of nitriles is 1. The van der Waals surface area contributed by atoms with Crippen LogP contribution in [0.5, 0.6) is 0 Å². The first kappa shape index (κ1) is 9.40. The molecule has 0 aliphatic carbocycles. The van der Waals surface area contributed by atoms with Crippen LogP contribution in [-0.4, -0.2) is 13.1 Å². The molecule has 5 heteroatoms. The van der Waals surface area contributed by atoms with E-state index in [1.54, 1.807) is 6.07 Å². The number of rotatable bonds is 1. The number of carbonyl (C=O) groups is 1. The normalized spacial score (nSPS) is 7.80. The van der Waals surface area contributed by atoms with Crippen molar-refractivity contribution in [1.82, 2.24) is 0 Å². The lowest BCUT2D eigenvalue weighted by molar-refractivity contribution is -0.135. The van der Waals surface area contributed by atoms with Gasteiger partial charge in [-0.15, -0.1) is 25.3 Å². The van der Waals surface area contributed by atoms with Crippen LogP contribution < -0.4 is 0 Å². The molecule has 0 radical (unpaired) electrons. The molecule has 0 aliphatic rings. The predicted molar refractivity (Wildman–Crippen MR) is 42.6 cm³/mol. The second-order valence-electron chi connectivity index (χ2n) is 1.30. The molecule has 0 rings (SSSR count). The van der Waals surface area contributed by atoms with Gasteiger partial charge in [-0.2, -0.15) is 5.26 Å². The van der Waals surface area contributed by atoms with Crippen molar-refractivity contribution < 1.29 is 9.53 Å². The van der Waals surface area contributed by atoms with Gasteiger partial charge in [0.2, 0.25) is 0 Å². The average molecular weight is 175 g/mol. The molecule has 0 N–H and O–H groups in total. The van der Waals surface area contributed by atoms with Crippen LogP contribution in [0.4, 0.5) is 0 Å². The number of methoxy groups -OCH3 is 1. The van der Waals surface area contributed by atoms with Crippen molar-refractivity contribution in [3.63, 3.8) is 0 Å². The molecule has 0 aliphatic heterocycles. The Bertz CT molecular complexity index is 212. The van der Waals surface area contributed by atoms with Crippen molar-refractivity contribution >= 4 is 31.2 Å². The van der Waals surface area contributed by atoms with Crippen LogP contribution in [0.2, 0.25) is 0 Å². The van der Waals surface area contributed by atoms with E-state index in [9.17, 15) is 4.79 Å². The first-order chi connectivity index (χ1) is 4.63. The molecule has 0 aromatic heterocycles. The van der Waals surface area contributed by atoms with Crippen molar-refractivity contribution in [3.8, 4) is 6.07 Å². The second-order valence-corrected chi connectivity index (χ2v) is 2.55. The Balaban J connectivity index is 4.59. The highest BCUT2D eigenvalue weighted by atomic mass is 32.2. The van der Waals surface area contributed by atoms with Crippen molar-refractivity contribution in [2.24, 2.45) is 0 Å². The summed E-state index contributed by atoms with van der Waals surface area (Å²) in [6, 6.07) is 1.60. The van der Waals surface area contributed by atoms with Crippen LogP contribution in [-0.2, 0) is 9.53 Å². The lowest BCUT2D eigenvalue weighted by atomic mass is 10.3. The van der Waals surface area contributed by atoms with Gasteiger partial charge in [0, 0.05) is 0 Å². The average Bonchev–Trinajstić information content (AvgIpc) is 1.88. The first-order valence-corrected chi connectivity index (χ1v) is 3.13. The molecule has 54 valence electrons. The van der Waals surface area contributed by atoms with Gasteiger partial charge in [-0.1, -0.05) is 0 Å². The lowest BCUT2D eigenvalue weighted by Crippen LogP contribution is -2.03. The van der Waals surface area contributed by atoms with Crippen LogP contribution in [0.3, 0.4) is 0 Å². The predicted octanol–water partition coefficient (Wildman–Crippen LogP) is 0.754. The van der Waals surface area contributed by atoms with Gasteiger partial charge >= 0.3 is 5.97 Å². The monoisotopic (exact) mass is 175 g/mol. The van der Waals surface area contributed by atoms with E-state index in [4.69, 9.17) is 5.26 Å². The molecule has 0 spiro atoms. The van der Waals surface area contributed by atoms with Gasteiger partial charge < -0.3 is 4.74 Å². The molecular formula is C5H5NO2S2. The Morgan fingerprint density at radius 3 is 2.20 bits per heavy atom. The summed E-state index contributed by atoms with van der Waals surface area (Å²) in [7, 11) is 1.18. The standard InChI is InChI=1S/C5H5NO2S2/c1-8-4(7)3(2-6)5(9)10/h9-10H,1H3. The van der Waals surface area contributed by atoms with Gasteiger partial charge in [0.05, 0.1) is 11.3 Å². The number of hydrogen-bond donors (Lipinski definition) is 2. The molecule has 0 heterocycles. The van der Waals surface area contributed by atoms with Gasteiger partial charge in [0.25, 0.3) is 0 Å². The zero-order chi connectivity index (χ0) is 8.15. The Hall–Kier alpha value is -0.600. The van der Waals surface area contributed by atoms with Gasteiger partial charge in [0.1, 0.15) is 6.07 Å². The molecule has 0 amide bonds. The second kappa shape index (κ2) is 4.25. The van der Waals surface area contributed by atoms with E-state index in [-0.39, 0.29) is 9.81 Å². The van der Waals surface area contributed by atoms with E-state index >= 15 is 0 Å². The smallest absolute Gasteiger partial charge is 0.350 e. The number of hydrogen-bond acceptors (Lipinski definition) is 5. The molecular weight excluding hydrogens is 170 g/mol. The molecule has 0 bridgehead atoms. The minimum absolute atomic E-state index is 0.0642. The molecule has 0 saturated carbocycles. The van der Waals surface area contributed by atoms with E-state index in [1.165, 1.54) is 7.11 Å². The molecule has 0 atom stereocenters. The maximum Gasteiger partial charge on any atom is 0.350 e. The van der Waals surface area contributed by atoms with Gasteiger partial charge in [-0.05, 0) is 0 Å². The van der Waals surface area contributed by atoms with E-state index in [0.29, 0.717) is 0 Å². The van der Waals surface area contributed by atoms with Gasteiger partial charge in [0.15, 0.2) is 5.57 Å².